The lowest BCUT2D eigenvalue weighted by Crippen LogP contribution is -2.20. The van der Waals surface area contributed by atoms with E-state index >= 15 is 0 Å². The van der Waals surface area contributed by atoms with E-state index in [1.165, 1.54) is 23.8 Å². The Labute approximate surface area is 115 Å². The number of hydrogen-bond donors (Lipinski definition) is 1. The molecule has 1 aromatic carbocycles. The third kappa shape index (κ3) is 3.44. The molecule has 0 saturated carbocycles. The van der Waals surface area contributed by atoms with Gasteiger partial charge in [-0.25, -0.2) is 4.98 Å². The Morgan fingerprint density at radius 3 is 2.79 bits per heavy atom. The minimum absolute atomic E-state index is 0.938. The van der Waals surface area contributed by atoms with Crippen molar-refractivity contribution in [3.8, 4) is 0 Å². The number of fused-ring (bicyclic) bond motifs is 1. The van der Waals surface area contributed by atoms with E-state index in [0.717, 1.165) is 24.4 Å². The van der Waals surface area contributed by atoms with Crippen LogP contribution >= 0.6 is 0 Å². The maximum atomic E-state index is 4.69. The van der Waals surface area contributed by atoms with Gasteiger partial charge >= 0.3 is 0 Å². The van der Waals surface area contributed by atoms with Crippen molar-refractivity contribution >= 4 is 16.7 Å². The first-order valence-corrected chi connectivity index (χ1v) is 6.99. The average Bonchev–Trinajstić information content (AvgIpc) is 2.44. The minimum Gasteiger partial charge on any atom is -0.373 e. The van der Waals surface area contributed by atoms with Gasteiger partial charge in [0.25, 0.3) is 0 Å². The summed E-state index contributed by atoms with van der Waals surface area (Å²) in [5.41, 5.74) is 2.31. The topological polar surface area (TPSA) is 28.2 Å². The molecule has 102 valence electrons. The molecule has 2 aromatic rings. The first kappa shape index (κ1) is 13.8. The van der Waals surface area contributed by atoms with Crippen molar-refractivity contribution in [1.29, 1.82) is 0 Å². The van der Waals surface area contributed by atoms with Crippen molar-refractivity contribution in [3.63, 3.8) is 0 Å². The Morgan fingerprint density at radius 2 is 2.05 bits per heavy atom. The second-order valence-electron chi connectivity index (χ2n) is 5.03. The minimum atomic E-state index is 0.938. The standard InChI is InChI=1S/C16H23N3/c1-4-5-10-19(3)12-14-11-13-8-6-7-9-15(13)18-16(14)17-2/h6-9,11H,4-5,10,12H2,1-3H3,(H,17,18). The summed E-state index contributed by atoms with van der Waals surface area (Å²) in [4.78, 5) is 7.05. The van der Waals surface area contributed by atoms with Gasteiger partial charge in [-0.05, 0) is 32.1 Å². The average molecular weight is 257 g/mol. The molecule has 0 radical (unpaired) electrons. The maximum absolute atomic E-state index is 4.69. The molecule has 0 bridgehead atoms. The molecule has 0 aliphatic carbocycles. The van der Waals surface area contributed by atoms with Gasteiger partial charge in [0.05, 0.1) is 5.52 Å². The lowest BCUT2D eigenvalue weighted by Gasteiger charge is -2.18. The summed E-state index contributed by atoms with van der Waals surface area (Å²) in [6, 6.07) is 10.5. The number of aromatic nitrogens is 1. The monoisotopic (exact) mass is 257 g/mol. The van der Waals surface area contributed by atoms with Crippen LogP contribution in [0.3, 0.4) is 0 Å². The van der Waals surface area contributed by atoms with Crippen molar-refractivity contribution in [3.05, 3.63) is 35.9 Å². The van der Waals surface area contributed by atoms with Crippen LogP contribution in [-0.2, 0) is 6.54 Å². The molecule has 1 aromatic heterocycles. The number of anilines is 1. The van der Waals surface area contributed by atoms with Crippen LogP contribution in [0.4, 0.5) is 5.82 Å². The van der Waals surface area contributed by atoms with E-state index in [1.54, 1.807) is 0 Å². The molecule has 2 rings (SSSR count). The Kier molecular flexibility index (Phi) is 4.74. The van der Waals surface area contributed by atoms with E-state index < -0.39 is 0 Å². The van der Waals surface area contributed by atoms with Crippen LogP contribution in [0, 0.1) is 0 Å². The van der Waals surface area contributed by atoms with E-state index in [4.69, 9.17) is 0 Å². The fraction of sp³-hybridized carbons (Fsp3) is 0.438. The lowest BCUT2D eigenvalue weighted by atomic mass is 10.1. The largest absolute Gasteiger partial charge is 0.373 e. The highest BCUT2D eigenvalue weighted by Gasteiger charge is 2.08. The SMILES string of the molecule is CCCCN(C)Cc1cc2ccccc2nc1NC. The second-order valence-corrected chi connectivity index (χ2v) is 5.03. The smallest absolute Gasteiger partial charge is 0.130 e. The quantitative estimate of drug-likeness (QED) is 0.858. The highest BCUT2D eigenvalue weighted by atomic mass is 15.1. The van der Waals surface area contributed by atoms with Crippen molar-refractivity contribution in [1.82, 2.24) is 9.88 Å². The van der Waals surface area contributed by atoms with Crippen LogP contribution in [0.5, 0.6) is 0 Å². The molecule has 3 nitrogen and oxygen atoms in total. The molecule has 0 spiro atoms. The molecule has 0 fully saturated rings. The molecule has 3 heteroatoms. The number of para-hydroxylation sites is 1. The van der Waals surface area contributed by atoms with Gasteiger partial charge in [0.1, 0.15) is 5.82 Å². The summed E-state index contributed by atoms with van der Waals surface area (Å²) < 4.78 is 0. The number of pyridine rings is 1. The zero-order valence-electron chi connectivity index (χ0n) is 12.1. The Hall–Kier alpha value is -1.61. The van der Waals surface area contributed by atoms with Crippen LogP contribution < -0.4 is 5.32 Å². The van der Waals surface area contributed by atoms with E-state index in [1.807, 2.05) is 13.1 Å². The van der Waals surface area contributed by atoms with Crippen LogP contribution in [0.25, 0.3) is 10.9 Å². The first-order chi connectivity index (χ1) is 9.24. The fourth-order valence-electron chi connectivity index (χ4n) is 2.29. The zero-order valence-corrected chi connectivity index (χ0v) is 12.1. The lowest BCUT2D eigenvalue weighted by molar-refractivity contribution is 0.321. The number of hydrogen-bond acceptors (Lipinski definition) is 3. The molecular formula is C16H23N3. The predicted octanol–water partition coefficient (Wildman–Crippen LogP) is 3.51. The highest BCUT2D eigenvalue weighted by molar-refractivity contribution is 5.81. The normalized spacial score (nSPS) is 11.2. The molecule has 0 aliphatic heterocycles. The van der Waals surface area contributed by atoms with E-state index in [2.05, 4.69) is 53.4 Å². The summed E-state index contributed by atoms with van der Waals surface area (Å²) in [6.45, 7) is 4.30. The Balaban J connectivity index is 2.25. The van der Waals surface area contributed by atoms with Gasteiger partial charge in [0.15, 0.2) is 0 Å². The number of nitrogens with one attached hydrogen (secondary N) is 1. The molecule has 1 N–H and O–H groups in total. The van der Waals surface area contributed by atoms with E-state index in [-0.39, 0.29) is 0 Å². The zero-order chi connectivity index (χ0) is 13.7. The molecule has 0 aliphatic rings. The van der Waals surface area contributed by atoms with Crippen molar-refractivity contribution in [2.45, 2.75) is 26.3 Å². The van der Waals surface area contributed by atoms with Crippen molar-refractivity contribution in [2.24, 2.45) is 0 Å². The number of unbranched alkanes of at least 4 members (excludes halogenated alkanes) is 1. The Morgan fingerprint density at radius 1 is 1.26 bits per heavy atom. The van der Waals surface area contributed by atoms with E-state index in [9.17, 15) is 0 Å². The van der Waals surface area contributed by atoms with Gasteiger partial charge in [-0.1, -0.05) is 31.5 Å². The van der Waals surface area contributed by atoms with Crippen molar-refractivity contribution in [2.75, 3.05) is 26.0 Å². The predicted molar refractivity (Wildman–Crippen MR) is 82.5 cm³/mol. The van der Waals surface area contributed by atoms with Gasteiger partial charge in [0.2, 0.25) is 0 Å². The molecule has 0 atom stereocenters. The molecule has 0 amide bonds. The van der Waals surface area contributed by atoms with Gasteiger partial charge in [-0.3, -0.25) is 0 Å². The number of nitrogens with zero attached hydrogens (tertiary/aromatic N) is 2. The van der Waals surface area contributed by atoms with E-state index in [0.29, 0.717) is 0 Å². The maximum Gasteiger partial charge on any atom is 0.130 e. The van der Waals surface area contributed by atoms with Crippen LogP contribution in [-0.4, -0.2) is 30.5 Å². The fourth-order valence-corrected chi connectivity index (χ4v) is 2.29. The van der Waals surface area contributed by atoms with Gasteiger partial charge in [0, 0.05) is 24.5 Å². The third-order valence-electron chi connectivity index (χ3n) is 3.37. The molecule has 0 unspecified atom stereocenters. The Bertz CT molecular complexity index is 537. The summed E-state index contributed by atoms with van der Waals surface area (Å²) in [5.74, 6) is 0.988. The van der Waals surface area contributed by atoms with Crippen molar-refractivity contribution < 1.29 is 0 Å². The van der Waals surface area contributed by atoms with Gasteiger partial charge in [-0.2, -0.15) is 0 Å². The third-order valence-corrected chi connectivity index (χ3v) is 3.37. The first-order valence-electron chi connectivity index (χ1n) is 6.99. The van der Waals surface area contributed by atoms with Crippen LogP contribution in [0.1, 0.15) is 25.3 Å². The highest BCUT2D eigenvalue weighted by Crippen LogP contribution is 2.21. The van der Waals surface area contributed by atoms with Gasteiger partial charge in [-0.15, -0.1) is 0 Å². The number of benzene rings is 1. The molecular weight excluding hydrogens is 234 g/mol. The van der Waals surface area contributed by atoms with Crippen LogP contribution in [0.2, 0.25) is 0 Å². The second kappa shape index (κ2) is 6.53. The molecule has 1 heterocycles. The summed E-state index contributed by atoms with van der Waals surface area (Å²) >= 11 is 0. The number of rotatable bonds is 6. The summed E-state index contributed by atoms with van der Waals surface area (Å²) in [6.07, 6.45) is 2.48. The summed E-state index contributed by atoms with van der Waals surface area (Å²) in [5, 5.41) is 4.42. The van der Waals surface area contributed by atoms with Crippen LogP contribution in [0.15, 0.2) is 30.3 Å². The molecule has 19 heavy (non-hydrogen) atoms. The summed E-state index contributed by atoms with van der Waals surface area (Å²) in [7, 11) is 4.11. The molecule has 0 saturated heterocycles. The van der Waals surface area contributed by atoms with Gasteiger partial charge < -0.3 is 10.2 Å².